The summed E-state index contributed by atoms with van der Waals surface area (Å²) in [7, 11) is 0. The molecule has 4 N–H and O–H groups in total. The number of hydrogen-bond acceptors (Lipinski definition) is 7. The van der Waals surface area contributed by atoms with Crippen LogP contribution in [-0.4, -0.2) is 22.5 Å². The Morgan fingerprint density at radius 3 is 2.65 bits per heavy atom. The number of anilines is 2. The van der Waals surface area contributed by atoms with E-state index in [4.69, 9.17) is 16.2 Å². The Balaban J connectivity index is 2.76. The molecule has 0 aliphatic rings. The Morgan fingerprint density at radius 1 is 1.35 bits per heavy atom. The van der Waals surface area contributed by atoms with Gasteiger partial charge in [0.2, 0.25) is 0 Å². The molecule has 0 fully saturated rings. The van der Waals surface area contributed by atoms with Crippen LogP contribution in [0.5, 0.6) is 0 Å². The third kappa shape index (κ3) is 2.18. The predicted octanol–water partition coefficient (Wildman–Crippen LogP) is 1.48. The summed E-state index contributed by atoms with van der Waals surface area (Å²) in [5.74, 6) is -0.687. The van der Waals surface area contributed by atoms with Crippen LogP contribution in [0.15, 0.2) is 18.2 Å². The van der Waals surface area contributed by atoms with Crippen molar-refractivity contribution in [1.82, 2.24) is 4.98 Å². The molecule has 0 amide bonds. The molecule has 0 unspecified atom stereocenters. The third-order valence-corrected chi connectivity index (χ3v) is 2.74. The highest BCUT2D eigenvalue weighted by Gasteiger charge is 2.20. The van der Waals surface area contributed by atoms with Crippen molar-refractivity contribution in [2.45, 2.75) is 6.92 Å². The lowest BCUT2D eigenvalue weighted by atomic mass is 10.1. The molecular formula is C12H12N4O4. The van der Waals surface area contributed by atoms with Crippen molar-refractivity contribution < 1.29 is 14.5 Å². The number of esters is 1. The van der Waals surface area contributed by atoms with E-state index < -0.39 is 10.9 Å². The maximum atomic E-state index is 11.9. The van der Waals surface area contributed by atoms with Gasteiger partial charge in [-0.1, -0.05) is 0 Å². The monoisotopic (exact) mass is 276 g/mol. The fourth-order valence-electron chi connectivity index (χ4n) is 1.88. The second-order valence-corrected chi connectivity index (χ2v) is 3.96. The van der Waals surface area contributed by atoms with Gasteiger partial charge in [-0.3, -0.25) is 10.1 Å². The number of non-ortho nitro benzene ring substituents is 1. The molecule has 0 aliphatic heterocycles. The first-order valence-corrected chi connectivity index (χ1v) is 5.76. The Kier molecular flexibility index (Phi) is 3.38. The highest BCUT2D eigenvalue weighted by atomic mass is 16.6. The van der Waals surface area contributed by atoms with Crippen molar-refractivity contribution >= 4 is 34.1 Å². The smallest absolute Gasteiger partial charge is 0.342 e. The van der Waals surface area contributed by atoms with Crippen molar-refractivity contribution in [2.24, 2.45) is 0 Å². The van der Waals surface area contributed by atoms with E-state index in [2.05, 4.69) is 4.98 Å². The quantitative estimate of drug-likeness (QED) is 0.492. The van der Waals surface area contributed by atoms with Crippen LogP contribution < -0.4 is 11.5 Å². The van der Waals surface area contributed by atoms with E-state index in [1.807, 2.05) is 0 Å². The lowest BCUT2D eigenvalue weighted by Gasteiger charge is -2.10. The predicted molar refractivity (Wildman–Crippen MR) is 73.2 cm³/mol. The molecule has 0 atom stereocenters. The van der Waals surface area contributed by atoms with Gasteiger partial charge in [0.1, 0.15) is 17.2 Å². The molecule has 0 saturated heterocycles. The normalized spacial score (nSPS) is 10.4. The Morgan fingerprint density at radius 2 is 2.05 bits per heavy atom. The summed E-state index contributed by atoms with van der Waals surface area (Å²) >= 11 is 0. The fraction of sp³-hybridized carbons (Fsp3) is 0.167. The molecule has 8 heteroatoms. The molecule has 0 bridgehead atoms. The zero-order valence-corrected chi connectivity index (χ0v) is 10.6. The minimum Gasteiger partial charge on any atom is -0.462 e. The molecule has 20 heavy (non-hydrogen) atoms. The number of fused-ring (bicyclic) bond motifs is 1. The van der Waals surface area contributed by atoms with Gasteiger partial charge < -0.3 is 16.2 Å². The van der Waals surface area contributed by atoms with E-state index in [1.165, 1.54) is 18.2 Å². The summed E-state index contributed by atoms with van der Waals surface area (Å²) in [5, 5.41) is 11.4. The van der Waals surface area contributed by atoms with E-state index in [1.54, 1.807) is 6.92 Å². The average molecular weight is 276 g/mol. The second-order valence-electron chi connectivity index (χ2n) is 3.96. The van der Waals surface area contributed by atoms with Gasteiger partial charge in [0.15, 0.2) is 0 Å². The number of nitro groups is 1. The van der Waals surface area contributed by atoms with Crippen molar-refractivity contribution in [3.8, 4) is 0 Å². The second kappa shape index (κ2) is 5.00. The summed E-state index contributed by atoms with van der Waals surface area (Å²) in [5.41, 5.74) is 11.3. The molecule has 1 aromatic heterocycles. The van der Waals surface area contributed by atoms with Crippen LogP contribution in [0.4, 0.5) is 17.3 Å². The topological polar surface area (TPSA) is 134 Å². The minimum absolute atomic E-state index is 0.0225. The molecule has 0 aliphatic carbocycles. The Labute approximate surface area is 113 Å². The molecule has 0 spiro atoms. The number of rotatable bonds is 3. The number of aromatic nitrogens is 1. The zero-order valence-electron chi connectivity index (χ0n) is 10.6. The highest BCUT2D eigenvalue weighted by molar-refractivity contribution is 6.11. The van der Waals surface area contributed by atoms with Crippen LogP contribution in [-0.2, 0) is 4.74 Å². The lowest BCUT2D eigenvalue weighted by Crippen LogP contribution is -2.11. The van der Waals surface area contributed by atoms with Gasteiger partial charge in [-0.15, -0.1) is 0 Å². The third-order valence-electron chi connectivity index (χ3n) is 2.74. The minimum atomic E-state index is -0.642. The van der Waals surface area contributed by atoms with Crippen molar-refractivity contribution in [1.29, 1.82) is 0 Å². The van der Waals surface area contributed by atoms with Gasteiger partial charge in [0, 0.05) is 22.9 Å². The summed E-state index contributed by atoms with van der Waals surface area (Å²) in [4.78, 5) is 25.9. The van der Waals surface area contributed by atoms with E-state index in [-0.39, 0.29) is 34.9 Å². The number of carbonyl (C=O) groups excluding carboxylic acids is 1. The molecule has 2 rings (SSSR count). The number of nitro benzene ring substituents is 1. The van der Waals surface area contributed by atoms with E-state index >= 15 is 0 Å². The Bertz CT molecular complexity index is 714. The number of nitrogens with two attached hydrogens (primary N) is 2. The van der Waals surface area contributed by atoms with Crippen LogP contribution >= 0.6 is 0 Å². The number of pyridine rings is 1. The molecular weight excluding hydrogens is 264 g/mol. The number of hydrogen-bond donors (Lipinski definition) is 2. The Hall–Kier alpha value is -2.90. The van der Waals surface area contributed by atoms with Gasteiger partial charge in [-0.05, 0) is 13.0 Å². The lowest BCUT2D eigenvalue weighted by molar-refractivity contribution is -0.384. The van der Waals surface area contributed by atoms with Crippen LogP contribution in [0.2, 0.25) is 0 Å². The first kappa shape index (κ1) is 13.5. The molecule has 2 aromatic rings. The van der Waals surface area contributed by atoms with Gasteiger partial charge in [-0.2, -0.15) is 0 Å². The van der Waals surface area contributed by atoms with Crippen LogP contribution in [0, 0.1) is 10.1 Å². The standard InChI is InChI=1S/C12H12N4O4/c1-2-20-12(17)9-7-4-3-6(16(18)19)5-8(7)10(13)15-11(9)14/h3-5H,2H2,1H3,(H4,13,14,15). The number of ether oxygens (including phenoxy) is 1. The summed E-state index contributed by atoms with van der Waals surface area (Å²) < 4.78 is 4.90. The van der Waals surface area contributed by atoms with Gasteiger partial charge in [0.05, 0.1) is 11.5 Å². The van der Waals surface area contributed by atoms with Crippen molar-refractivity contribution in [3.63, 3.8) is 0 Å². The summed E-state index contributed by atoms with van der Waals surface area (Å²) in [6.45, 7) is 1.84. The van der Waals surface area contributed by atoms with Crippen LogP contribution in [0.1, 0.15) is 17.3 Å². The van der Waals surface area contributed by atoms with E-state index in [0.29, 0.717) is 5.39 Å². The molecule has 0 saturated carbocycles. The SMILES string of the molecule is CCOC(=O)c1c(N)nc(N)c2cc([N+](=O)[O-])ccc12. The van der Waals surface area contributed by atoms with E-state index in [9.17, 15) is 14.9 Å². The number of carbonyl (C=O) groups is 1. The molecule has 0 radical (unpaired) electrons. The first-order chi connectivity index (χ1) is 9.45. The van der Waals surface area contributed by atoms with Crippen molar-refractivity contribution in [2.75, 3.05) is 18.1 Å². The molecule has 1 aromatic carbocycles. The average Bonchev–Trinajstić information content (AvgIpc) is 2.38. The molecule has 1 heterocycles. The summed E-state index contributed by atoms with van der Waals surface area (Å²) in [6, 6.07) is 3.93. The molecule has 104 valence electrons. The van der Waals surface area contributed by atoms with Crippen molar-refractivity contribution in [3.05, 3.63) is 33.9 Å². The van der Waals surface area contributed by atoms with Gasteiger partial charge >= 0.3 is 5.97 Å². The number of nitrogens with zero attached hydrogens (tertiary/aromatic N) is 2. The maximum absolute atomic E-state index is 11.9. The number of nitrogen functional groups attached to an aromatic ring is 2. The fourth-order valence-corrected chi connectivity index (χ4v) is 1.88. The first-order valence-electron chi connectivity index (χ1n) is 5.76. The van der Waals surface area contributed by atoms with E-state index in [0.717, 1.165) is 0 Å². The zero-order chi connectivity index (χ0) is 14.9. The number of benzene rings is 1. The van der Waals surface area contributed by atoms with Crippen LogP contribution in [0.3, 0.4) is 0 Å². The highest BCUT2D eigenvalue weighted by Crippen LogP contribution is 2.30. The maximum Gasteiger partial charge on any atom is 0.342 e. The largest absolute Gasteiger partial charge is 0.462 e. The van der Waals surface area contributed by atoms with Gasteiger partial charge in [0.25, 0.3) is 5.69 Å². The molecule has 8 nitrogen and oxygen atoms in total. The van der Waals surface area contributed by atoms with Gasteiger partial charge in [-0.25, -0.2) is 9.78 Å². The summed E-state index contributed by atoms with van der Waals surface area (Å²) in [6.07, 6.45) is 0. The van der Waals surface area contributed by atoms with Crippen LogP contribution in [0.25, 0.3) is 10.8 Å².